The highest BCUT2D eigenvalue weighted by atomic mass is 31.1. The predicted octanol–water partition coefficient (Wildman–Crippen LogP) is 7.71. The van der Waals surface area contributed by atoms with Crippen molar-refractivity contribution in [3.8, 4) is 11.5 Å². The zero-order valence-corrected chi connectivity index (χ0v) is 42.2. The van der Waals surface area contributed by atoms with E-state index in [1.54, 1.807) is 55.8 Å². The minimum Gasteiger partial charge on any atom is -0.497 e. The van der Waals surface area contributed by atoms with Crippen LogP contribution in [0.3, 0.4) is 0 Å². The van der Waals surface area contributed by atoms with E-state index in [2.05, 4.69) is 37.6 Å². The number of fused-ring (bicyclic) bond motifs is 1. The van der Waals surface area contributed by atoms with Crippen LogP contribution in [0.4, 0.5) is 4.79 Å². The molecule has 2 fully saturated rings. The molecule has 3 amide bonds. The topological polar surface area (TPSA) is 167 Å². The fraction of sp³-hybridized carbons (Fsp3) is 0.540. The number of benzene rings is 3. The third-order valence-electron chi connectivity index (χ3n) is 12.1. The summed E-state index contributed by atoms with van der Waals surface area (Å²) in [5.74, 6) is -2.20. The van der Waals surface area contributed by atoms with E-state index >= 15 is 0 Å². The SMILES string of the molecule is COc1ccc(C(OCC2OC(N3CN4C(=NC3=O)N(C(=O)C(C)C)C(OC(=O)C(C)C)C4OC(=O)C(C)C)CC2OPOCN(C(C)C)C(C)C)(c2ccccc2)c2ccc(OC)cc2)cc1. The summed E-state index contributed by atoms with van der Waals surface area (Å²) in [7, 11) is 2.84. The molecular formula is C50H68N5O12P. The summed E-state index contributed by atoms with van der Waals surface area (Å²) in [6.07, 6.45) is -4.96. The van der Waals surface area contributed by atoms with Gasteiger partial charge in [0.1, 0.15) is 42.8 Å². The van der Waals surface area contributed by atoms with E-state index in [0.29, 0.717) is 18.2 Å². The summed E-state index contributed by atoms with van der Waals surface area (Å²) in [4.78, 5) is 65.4. The third kappa shape index (κ3) is 11.5. The molecule has 3 aliphatic rings. The Morgan fingerprint density at radius 1 is 0.735 bits per heavy atom. The number of esters is 2. The molecule has 370 valence electrons. The minimum atomic E-state index is -1.42. The lowest BCUT2D eigenvalue weighted by atomic mass is 9.80. The van der Waals surface area contributed by atoms with Crippen LogP contribution in [-0.4, -0.2) is 127 Å². The average Bonchev–Trinajstić information content (AvgIpc) is 3.85. The molecule has 3 aromatic carbocycles. The van der Waals surface area contributed by atoms with Crippen LogP contribution in [0, 0.1) is 17.8 Å². The van der Waals surface area contributed by atoms with Gasteiger partial charge in [-0.05, 0) is 68.7 Å². The van der Waals surface area contributed by atoms with E-state index in [4.69, 9.17) is 37.5 Å². The second kappa shape index (κ2) is 23.0. The molecule has 6 atom stereocenters. The molecule has 0 radical (unpaired) electrons. The number of amides is 3. The van der Waals surface area contributed by atoms with Crippen molar-refractivity contribution < 1.29 is 56.6 Å². The molecule has 17 nitrogen and oxygen atoms in total. The Morgan fingerprint density at radius 3 is 1.76 bits per heavy atom. The predicted molar refractivity (Wildman–Crippen MR) is 255 cm³/mol. The smallest absolute Gasteiger partial charge is 0.350 e. The number of carbonyl (C=O) groups is 4. The van der Waals surface area contributed by atoms with Crippen molar-refractivity contribution in [2.45, 2.75) is 124 Å². The van der Waals surface area contributed by atoms with Crippen molar-refractivity contribution >= 4 is 38.9 Å². The highest BCUT2D eigenvalue weighted by Crippen LogP contribution is 2.44. The van der Waals surface area contributed by atoms with E-state index in [1.807, 2.05) is 78.9 Å². The van der Waals surface area contributed by atoms with E-state index in [-0.39, 0.29) is 37.7 Å². The summed E-state index contributed by atoms with van der Waals surface area (Å²) in [6, 6.07) is 25.0. The zero-order valence-electron chi connectivity index (χ0n) is 41.2. The number of ether oxygens (including phenoxy) is 6. The Balaban J connectivity index is 1.38. The van der Waals surface area contributed by atoms with Gasteiger partial charge in [0.25, 0.3) is 0 Å². The van der Waals surface area contributed by atoms with Gasteiger partial charge in [0.15, 0.2) is 9.03 Å². The van der Waals surface area contributed by atoms with Crippen molar-refractivity contribution in [3.05, 3.63) is 95.6 Å². The molecule has 6 unspecified atom stereocenters. The highest BCUT2D eigenvalue weighted by molar-refractivity contribution is 7.26. The van der Waals surface area contributed by atoms with Gasteiger partial charge in [-0.15, -0.1) is 0 Å². The third-order valence-corrected chi connectivity index (χ3v) is 12.8. The van der Waals surface area contributed by atoms with E-state index in [1.165, 1.54) is 9.80 Å². The maximum absolute atomic E-state index is 14.3. The number of methoxy groups -OCH3 is 2. The largest absolute Gasteiger partial charge is 0.497 e. The number of nitrogens with zero attached hydrogens (tertiary/aromatic N) is 5. The van der Waals surface area contributed by atoms with Crippen molar-refractivity contribution in [2.24, 2.45) is 22.7 Å². The summed E-state index contributed by atoms with van der Waals surface area (Å²) in [6.45, 7) is 18.5. The van der Waals surface area contributed by atoms with Gasteiger partial charge in [-0.2, -0.15) is 4.99 Å². The van der Waals surface area contributed by atoms with E-state index < -0.39 is 87.2 Å². The molecule has 0 aliphatic carbocycles. The van der Waals surface area contributed by atoms with Gasteiger partial charge in [-0.1, -0.05) is 96.1 Å². The molecule has 0 aromatic heterocycles. The quantitative estimate of drug-likeness (QED) is 0.0335. The van der Waals surface area contributed by atoms with Gasteiger partial charge in [0.2, 0.25) is 24.3 Å². The van der Waals surface area contributed by atoms with E-state index in [0.717, 1.165) is 21.6 Å². The van der Waals surface area contributed by atoms with Gasteiger partial charge in [-0.3, -0.25) is 29.1 Å². The van der Waals surface area contributed by atoms with Crippen LogP contribution in [0.1, 0.15) is 92.3 Å². The lowest BCUT2D eigenvalue weighted by molar-refractivity contribution is -0.191. The molecule has 0 saturated carbocycles. The van der Waals surface area contributed by atoms with Crippen LogP contribution in [0.2, 0.25) is 0 Å². The lowest BCUT2D eigenvalue weighted by Gasteiger charge is -2.38. The van der Waals surface area contributed by atoms with Gasteiger partial charge < -0.3 is 37.5 Å². The van der Waals surface area contributed by atoms with Gasteiger partial charge in [0.05, 0.1) is 38.8 Å². The van der Waals surface area contributed by atoms with Crippen LogP contribution in [0.5, 0.6) is 11.5 Å². The molecular weight excluding hydrogens is 894 g/mol. The molecule has 2 saturated heterocycles. The standard InChI is InChI=1S/C50H68N5O12P/c1-30(2)43(56)55-45(66-47(58)32(5)6)44(65-46(57)31(3)4)53-28-52(49(59)51-48(53)55)42-26-40(67-68-63-29-54(33(7)8)34(9)10)41(64-42)27-62-50(35-16-14-13-15-17-35,36-18-22-38(60-11)23-19-36)37-20-24-39(61-12)25-21-37/h13-25,30-34,40-42,44-45,68H,26-29H2,1-12H3. The first-order valence-electron chi connectivity index (χ1n) is 23.2. The Hall–Kier alpha value is -5.16. The van der Waals surface area contributed by atoms with Gasteiger partial charge >= 0.3 is 18.0 Å². The average molecular weight is 962 g/mol. The fourth-order valence-corrected chi connectivity index (χ4v) is 8.92. The Kier molecular flexibility index (Phi) is 17.6. The number of aliphatic imine (C=N–C) groups is 1. The molecule has 3 heterocycles. The summed E-state index contributed by atoms with van der Waals surface area (Å²) < 4.78 is 49.8. The molecule has 3 aliphatic heterocycles. The second-order valence-corrected chi connectivity index (χ2v) is 19.2. The summed E-state index contributed by atoms with van der Waals surface area (Å²) in [5.41, 5.74) is 1.27. The van der Waals surface area contributed by atoms with E-state index in [9.17, 15) is 19.2 Å². The number of hydrogen-bond donors (Lipinski definition) is 0. The summed E-state index contributed by atoms with van der Waals surface area (Å²) in [5, 5.41) is 0. The van der Waals surface area contributed by atoms with Crippen LogP contribution in [0.25, 0.3) is 0 Å². The van der Waals surface area contributed by atoms with Crippen molar-refractivity contribution in [1.29, 1.82) is 0 Å². The Morgan fingerprint density at radius 2 is 1.26 bits per heavy atom. The van der Waals surface area contributed by atoms with Crippen LogP contribution >= 0.6 is 9.03 Å². The molecule has 0 N–H and O–H groups in total. The second-order valence-electron chi connectivity index (χ2n) is 18.5. The van der Waals surface area contributed by atoms with Gasteiger partial charge in [0, 0.05) is 24.4 Å². The van der Waals surface area contributed by atoms with Crippen molar-refractivity contribution in [1.82, 2.24) is 19.6 Å². The minimum absolute atomic E-state index is 0.0263. The summed E-state index contributed by atoms with van der Waals surface area (Å²) >= 11 is 0. The first-order chi connectivity index (χ1) is 32.4. The van der Waals surface area contributed by atoms with Crippen LogP contribution in [-0.2, 0) is 48.0 Å². The molecule has 68 heavy (non-hydrogen) atoms. The van der Waals surface area contributed by atoms with Crippen molar-refractivity contribution in [2.75, 3.05) is 34.2 Å². The highest BCUT2D eigenvalue weighted by Gasteiger charge is 2.56. The molecule has 3 aromatic rings. The number of rotatable bonds is 21. The van der Waals surface area contributed by atoms with Crippen LogP contribution in [0.15, 0.2) is 83.9 Å². The number of urea groups is 1. The first-order valence-corrected chi connectivity index (χ1v) is 24.0. The monoisotopic (exact) mass is 961 g/mol. The van der Waals surface area contributed by atoms with Gasteiger partial charge in [-0.25, -0.2) is 9.69 Å². The Bertz CT molecular complexity index is 2150. The maximum atomic E-state index is 14.3. The molecule has 0 bridgehead atoms. The molecule has 6 rings (SSSR count). The maximum Gasteiger partial charge on any atom is 0.350 e. The molecule has 18 heteroatoms. The number of carbonyl (C=O) groups excluding carboxylic acids is 4. The fourth-order valence-electron chi connectivity index (χ4n) is 8.28. The Labute approximate surface area is 402 Å². The first kappa shape index (κ1) is 52.2. The lowest BCUT2D eigenvalue weighted by Crippen LogP contribution is -2.55. The molecule has 0 spiro atoms. The number of guanidine groups is 1. The normalized spacial score (nSPS) is 21.0. The number of hydrogen-bond acceptors (Lipinski definition) is 14. The van der Waals surface area contributed by atoms with Crippen LogP contribution < -0.4 is 9.47 Å². The van der Waals surface area contributed by atoms with Crippen molar-refractivity contribution in [3.63, 3.8) is 0 Å². The zero-order chi connectivity index (χ0) is 49.4.